The molecular weight excluding hydrogens is 392 g/mol. The Labute approximate surface area is 193 Å². The molecule has 3 heteroatoms. The molecule has 2 aromatic carbocycles. The lowest BCUT2D eigenvalue weighted by molar-refractivity contribution is 0.289. The van der Waals surface area contributed by atoms with Crippen molar-refractivity contribution in [2.75, 3.05) is 37.7 Å². The van der Waals surface area contributed by atoms with Gasteiger partial charge >= 0.3 is 0 Å². The van der Waals surface area contributed by atoms with Gasteiger partial charge in [0.25, 0.3) is 0 Å². The quantitative estimate of drug-likeness (QED) is 0.611. The molecule has 168 valence electrons. The van der Waals surface area contributed by atoms with Crippen molar-refractivity contribution in [1.29, 1.82) is 0 Å². The number of nitrogens with one attached hydrogen (secondary N) is 1. The monoisotopic (exact) mass is 428 g/mol. The molecule has 2 aromatic rings. The lowest BCUT2D eigenvalue weighted by atomic mass is 9.84. The normalized spacial score (nSPS) is 19.5. The van der Waals surface area contributed by atoms with Crippen molar-refractivity contribution in [3.05, 3.63) is 94.6 Å². The van der Waals surface area contributed by atoms with Crippen molar-refractivity contribution in [3.8, 4) is 0 Å². The topological polar surface area (TPSA) is 35.5 Å². The lowest BCUT2D eigenvalue weighted by Crippen LogP contribution is -2.43. The first-order chi connectivity index (χ1) is 15.7. The van der Waals surface area contributed by atoms with Gasteiger partial charge in [-0.15, -0.1) is 0 Å². The molecule has 2 aliphatic rings. The number of aliphatic hydroxyl groups is 1. The van der Waals surface area contributed by atoms with Crippen LogP contribution in [0.2, 0.25) is 0 Å². The van der Waals surface area contributed by atoms with E-state index in [0.717, 1.165) is 45.4 Å². The Morgan fingerprint density at radius 3 is 2.25 bits per heavy atom. The van der Waals surface area contributed by atoms with Crippen LogP contribution in [0.3, 0.4) is 0 Å². The molecular formula is C29H36N2O. The van der Waals surface area contributed by atoms with Crippen molar-refractivity contribution >= 4 is 11.3 Å². The van der Waals surface area contributed by atoms with Crippen molar-refractivity contribution in [2.45, 2.75) is 33.1 Å². The fraction of sp³-hybridized carbons (Fsp3) is 0.379. The molecule has 0 radical (unpaired) electrons. The van der Waals surface area contributed by atoms with Crippen molar-refractivity contribution < 1.29 is 5.11 Å². The average molecular weight is 429 g/mol. The van der Waals surface area contributed by atoms with E-state index in [9.17, 15) is 5.11 Å². The number of piperazine rings is 1. The summed E-state index contributed by atoms with van der Waals surface area (Å²) in [6.07, 6.45) is 9.67. The van der Waals surface area contributed by atoms with Gasteiger partial charge < -0.3 is 15.3 Å². The van der Waals surface area contributed by atoms with Crippen LogP contribution in [-0.4, -0.2) is 37.9 Å². The third-order valence-electron chi connectivity index (χ3n) is 6.53. The second-order valence-corrected chi connectivity index (χ2v) is 9.06. The van der Waals surface area contributed by atoms with Crippen LogP contribution in [0.25, 0.3) is 5.57 Å². The van der Waals surface area contributed by atoms with E-state index < -0.39 is 0 Å². The van der Waals surface area contributed by atoms with Crippen LogP contribution in [0.15, 0.2) is 77.9 Å². The Morgan fingerprint density at radius 2 is 1.66 bits per heavy atom. The van der Waals surface area contributed by atoms with Crippen LogP contribution in [0.1, 0.15) is 42.9 Å². The molecule has 0 aromatic heterocycles. The maximum absolute atomic E-state index is 9.62. The SMILES string of the molecule is Cc1ccc(/C(=C(\CCCO)C2=CC[C@H](C)C=C2)c2ccc(N3CCNCC3)cc2)cc1. The fourth-order valence-electron chi connectivity index (χ4n) is 4.62. The zero-order valence-electron chi connectivity index (χ0n) is 19.5. The molecule has 0 bridgehead atoms. The summed E-state index contributed by atoms with van der Waals surface area (Å²) in [4.78, 5) is 2.45. The van der Waals surface area contributed by atoms with Crippen LogP contribution >= 0.6 is 0 Å². The highest BCUT2D eigenvalue weighted by atomic mass is 16.2. The van der Waals surface area contributed by atoms with Gasteiger partial charge in [-0.05, 0) is 72.1 Å². The van der Waals surface area contributed by atoms with E-state index in [1.165, 1.54) is 39.1 Å². The Bertz CT molecular complexity index is 977. The van der Waals surface area contributed by atoms with Crippen molar-refractivity contribution in [2.24, 2.45) is 5.92 Å². The number of anilines is 1. The minimum Gasteiger partial charge on any atom is -0.396 e. The number of allylic oxidation sites excluding steroid dienone is 5. The van der Waals surface area contributed by atoms with E-state index in [1.807, 2.05) is 0 Å². The van der Waals surface area contributed by atoms with Gasteiger partial charge in [0.1, 0.15) is 0 Å². The van der Waals surface area contributed by atoms with Crippen LogP contribution in [0.5, 0.6) is 0 Å². The highest BCUT2D eigenvalue weighted by molar-refractivity contribution is 5.86. The number of hydrogen-bond acceptors (Lipinski definition) is 3. The lowest BCUT2D eigenvalue weighted by Gasteiger charge is -2.29. The van der Waals surface area contributed by atoms with Crippen molar-refractivity contribution in [1.82, 2.24) is 5.32 Å². The molecule has 3 nitrogen and oxygen atoms in total. The second-order valence-electron chi connectivity index (χ2n) is 9.06. The van der Waals surface area contributed by atoms with Crippen LogP contribution < -0.4 is 10.2 Å². The highest BCUT2D eigenvalue weighted by Gasteiger charge is 2.17. The van der Waals surface area contributed by atoms with Crippen LogP contribution in [-0.2, 0) is 0 Å². The number of aliphatic hydroxyl groups excluding tert-OH is 1. The maximum atomic E-state index is 9.62. The first kappa shape index (κ1) is 22.6. The average Bonchev–Trinajstić information content (AvgIpc) is 2.84. The van der Waals surface area contributed by atoms with Gasteiger partial charge in [0, 0.05) is 38.5 Å². The zero-order valence-corrected chi connectivity index (χ0v) is 19.5. The third-order valence-corrected chi connectivity index (χ3v) is 6.53. The molecule has 0 unspecified atom stereocenters. The third kappa shape index (κ3) is 5.40. The molecule has 1 aliphatic carbocycles. The molecule has 1 aliphatic heterocycles. The van der Waals surface area contributed by atoms with Crippen molar-refractivity contribution in [3.63, 3.8) is 0 Å². The highest BCUT2D eigenvalue weighted by Crippen LogP contribution is 2.36. The zero-order chi connectivity index (χ0) is 22.3. The second kappa shape index (κ2) is 10.8. The van der Waals surface area contributed by atoms with Crippen LogP contribution in [0.4, 0.5) is 5.69 Å². The standard InChI is InChI=1S/C29H36N2O/c1-22-5-9-24(10-6-22)28(4-3-21-32)29(25-11-7-23(2)8-12-25)26-13-15-27(16-14-26)31-19-17-30-18-20-31/h5,7-16,22,30,32H,3-4,6,17-21H2,1-2H3/b29-28-/t22-/m1/s1. The fourth-order valence-corrected chi connectivity index (χ4v) is 4.62. The summed E-state index contributed by atoms with van der Waals surface area (Å²) >= 11 is 0. The summed E-state index contributed by atoms with van der Waals surface area (Å²) in [7, 11) is 0. The molecule has 4 rings (SSSR count). The summed E-state index contributed by atoms with van der Waals surface area (Å²) in [5, 5.41) is 13.1. The van der Waals surface area contributed by atoms with E-state index in [0.29, 0.717) is 5.92 Å². The molecule has 1 fully saturated rings. The predicted octanol–water partition coefficient (Wildman–Crippen LogP) is 5.50. The van der Waals surface area contributed by atoms with Gasteiger partial charge in [0.15, 0.2) is 0 Å². The molecule has 0 saturated carbocycles. The van der Waals surface area contributed by atoms with Crippen LogP contribution in [0, 0.1) is 12.8 Å². The molecule has 0 amide bonds. The van der Waals surface area contributed by atoms with E-state index in [1.54, 1.807) is 0 Å². The Balaban J connectivity index is 1.79. The number of nitrogens with zero attached hydrogens (tertiary/aromatic N) is 1. The summed E-state index contributed by atoms with van der Waals surface area (Å²) in [5.41, 5.74) is 8.97. The van der Waals surface area contributed by atoms with Gasteiger partial charge in [0.05, 0.1) is 0 Å². The minimum atomic E-state index is 0.208. The summed E-state index contributed by atoms with van der Waals surface area (Å²) in [5.74, 6) is 0.582. The largest absolute Gasteiger partial charge is 0.396 e. The first-order valence-corrected chi connectivity index (χ1v) is 12.0. The summed E-state index contributed by atoms with van der Waals surface area (Å²) < 4.78 is 0. The maximum Gasteiger partial charge on any atom is 0.0434 e. The molecule has 32 heavy (non-hydrogen) atoms. The van der Waals surface area contributed by atoms with E-state index in [2.05, 4.69) is 90.8 Å². The Kier molecular flexibility index (Phi) is 7.62. The number of hydrogen-bond donors (Lipinski definition) is 2. The van der Waals surface area contributed by atoms with E-state index in [-0.39, 0.29) is 6.61 Å². The van der Waals surface area contributed by atoms with Gasteiger partial charge in [0.2, 0.25) is 0 Å². The van der Waals surface area contributed by atoms with Gasteiger partial charge in [-0.25, -0.2) is 0 Å². The smallest absolute Gasteiger partial charge is 0.0434 e. The van der Waals surface area contributed by atoms with E-state index in [4.69, 9.17) is 0 Å². The number of benzene rings is 2. The van der Waals surface area contributed by atoms with Gasteiger partial charge in [-0.1, -0.05) is 67.1 Å². The Hall–Kier alpha value is -2.62. The molecule has 1 heterocycles. The Morgan fingerprint density at radius 1 is 1.00 bits per heavy atom. The summed E-state index contributed by atoms with van der Waals surface area (Å²) in [6, 6.07) is 18.0. The molecule has 1 saturated heterocycles. The van der Waals surface area contributed by atoms with E-state index >= 15 is 0 Å². The number of aryl methyl sites for hydroxylation is 1. The van der Waals surface area contributed by atoms with Gasteiger partial charge in [-0.2, -0.15) is 0 Å². The molecule has 0 spiro atoms. The predicted molar refractivity (Wildman–Crippen MR) is 136 cm³/mol. The summed E-state index contributed by atoms with van der Waals surface area (Å²) in [6.45, 7) is 8.79. The number of rotatable bonds is 7. The van der Waals surface area contributed by atoms with Gasteiger partial charge in [-0.3, -0.25) is 0 Å². The molecule has 2 N–H and O–H groups in total. The molecule has 1 atom stereocenters. The minimum absolute atomic E-state index is 0.208. The first-order valence-electron chi connectivity index (χ1n) is 12.0.